The maximum Gasteiger partial charge on any atom is 0.337 e. The molecule has 13 heteroatoms. The Morgan fingerprint density at radius 3 is 2.64 bits per heavy atom. The van der Waals surface area contributed by atoms with Crippen molar-refractivity contribution in [3.05, 3.63) is 75.0 Å². The maximum atomic E-state index is 12.3. The molecular weight excluding hydrogens is 474 g/mol. The fourth-order valence-electron chi connectivity index (χ4n) is 3.42. The molecule has 2 aromatic rings. The van der Waals surface area contributed by atoms with E-state index >= 15 is 0 Å². The second-order valence-electron chi connectivity index (χ2n) is 7.37. The minimum atomic E-state index is -0.797. The van der Waals surface area contributed by atoms with Gasteiger partial charge in [0.2, 0.25) is 0 Å². The third-order valence-electron chi connectivity index (χ3n) is 5.08. The van der Waals surface area contributed by atoms with Crippen molar-refractivity contribution in [3.8, 4) is 11.5 Å². The molecule has 0 saturated carbocycles. The topological polar surface area (TPSA) is 170 Å². The lowest BCUT2D eigenvalue weighted by molar-refractivity contribution is -0.385. The number of nitrogens with one attached hydrogen (secondary N) is 3. The van der Waals surface area contributed by atoms with Crippen LogP contribution in [-0.4, -0.2) is 49.9 Å². The number of benzene rings is 2. The second kappa shape index (κ2) is 11.5. The van der Waals surface area contributed by atoms with Crippen LogP contribution in [0.3, 0.4) is 0 Å². The summed E-state index contributed by atoms with van der Waals surface area (Å²) >= 11 is 0. The van der Waals surface area contributed by atoms with Crippen LogP contribution in [0.2, 0.25) is 0 Å². The molecule has 3 amide bonds. The van der Waals surface area contributed by atoms with Gasteiger partial charge in [-0.3, -0.25) is 14.9 Å². The van der Waals surface area contributed by atoms with Gasteiger partial charge >= 0.3 is 12.0 Å². The Kier molecular flexibility index (Phi) is 8.18. The maximum absolute atomic E-state index is 12.3. The van der Waals surface area contributed by atoms with Gasteiger partial charge in [-0.15, -0.1) is 0 Å². The molecule has 2 aromatic carbocycles. The van der Waals surface area contributed by atoms with Gasteiger partial charge < -0.3 is 24.8 Å². The van der Waals surface area contributed by atoms with Gasteiger partial charge in [-0.25, -0.2) is 15.0 Å². The zero-order valence-corrected chi connectivity index (χ0v) is 19.6. The summed E-state index contributed by atoms with van der Waals surface area (Å²) in [6.45, 7) is 1.16. The van der Waals surface area contributed by atoms with Crippen molar-refractivity contribution in [2.75, 3.05) is 20.8 Å². The summed E-state index contributed by atoms with van der Waals surface area (Å²) < 4.78 is 15.7. The van der Waals surface area contributed by atoms with Crippen molar-refractivity contribution in [3.63, 3.8) is 0 Å². The van der Waals surface area contributed by atoms with E-state index in [1.807, 2.05) is 0 Å². The molecule has 0 bridgehead atoms. The van der Waals surface area contributed by atoms with E-state index in [1.54, 1.807) is 25.1 Å². The number of ether oxygens (including phenoxy) is 3. The number of rotatable bonds is 9. The standard InChI is InChI=1S/C23H23N5O8/c1-13-20(22(30)35-3)21(26-23(31)25-13)14-8-9-17(18(10-14)34-2)36-12-19(29)27-24-11-15-6-4-5-7-16(15)28(32)33/h4-11,21H,12H2,1-3H3,(H,27,29)(H2,25,26,31)/b24-11-/t21-/m0/s1. The van der Waals surface area contributed by atoms with Gasteiger partial charge in [-0.2, -0.15) is 5.10 Å². The van der Waals surface area contributed by atoms with Gasteiger partial charge in [0, 0.05) is 11.8 Å². The van der Waals surface area contributed by atoms with E-state index < -0.39 is 35.5 Å². The highest BCUT2D eigenvalue weighted by atomic mass is 16.6. The Balaban J connectivity index is 1.69. The fraction of sp³-hybridized carbons (Fsp3) is 0.217. The number of nitro groups is 1. The number of hydrogen-bond donors (Lipinski definition) is 3. The first-order chi connectivity index (χ1) is 17.2. The minimum absolute atomic E-state index is 0.151. The fourth-order valence-corrected chi connectivity index (χ4v) is 3.42. The first-order valence-electron chi connectivity index (χ1n) is 10.5. The number of esters is 1. The van der Waals surface area contributed by atoms with E-state index in [9.17, 15) is 24.5 Å². The van der Waals surface area contributed by atoms with Crippen molar-refractivity contribution in [2.45, 2.75) is 13.0 Å². The smallest absolute Gasteiger partial charge is 0.337 e. The van der Waals surface area contributed by atoms with Crippen LogP contribution in [0, 0.1) is 10.1 Å². The number of nitrogens with zero attached hydrogens (tertiary/aromatic N) is 2. The molecule has 0 radical (unpaired) electrons. The Bertz CT molecular complexity index is 1260. The zero-order valence-electron chi connectivity index (χ0n) is 19.6. The van der Waals surface area contributed by atoms with Crippen LogP contribution in [-0.2, 0) is 14.3 Å². The van der Waals surface area contributed by atoms with Gasteiger partial charge in [0.05, 0.1) is 42.5 Å². The van der Waals surface area contributed by atoms with E-state index in [0.717, 1.165) is 6.21 Å². The molecule has 0 saturated heterocycles. The summed E-state index contributed by atoms with van der Waals surface area (Å²) in [6, 6.07) is 9.35. The van der Waals surface area contributed by atoms with Crippen LogP contribution in [0.1, 0.15) is 24.1 Å². The summed E-state index contributed by atoms with van der Waals surface area (Å²) in [5.41, 5.74) is 3.41. The van der Waals surface area contributed by atoms with E-state index in [2.05, 4.69) is 21.2 Å². The van der Waals surface area contributed by atoms with Gasteiger partial charge in [0.1, 0.15) is 0 Å². The monoisotopic (exact) mass is 497 g/mol. The molecule has 0 spiro atoms. The summed E-state index contributed by atoms with van der Waals surface area (Å²) in [5.74, 6) is -0.756. The number of hydrazone groups is 1. The molecule has 188 valence electrons. The van der Waals surface area contributed by atoms with Crippen molar-refractivity contribution < 1.29 is 33.5 Å². The molecule has 3 rings (SSSR count). The molecule has 36 heavy (non-hydrogen) atoms. The number of hydrogen-bond acceptors (Lipinski definition) is 9. The Labute approximate surface area is 205 Å². The van der Waals surface area contributed by atoms with E-state index in [1.165, 1.54) is 38.5 Å². The number of urea groups is 1. The quantitative estimate of drug-likeness (QED) is 0.204. The zero-order chi connectivity index (χ0) is 26.2. The molecule has 1 heterocycles. The second-order valence-corrected chi connectivity index (χ2v) is 7.37. The SMILES string of the molecule is COC(=O)C1=C(C)NC(=O)N[C@H]1c1ccc(OCC(=O)N/N=C\c2ccccc2[N+](=O)[O-])c(OC)c1. The summed E-state index contributed by atoms with van der Waals surface area (Å²) in [5, 5.41) is 20.0. The number of allylic oxidation sites excluding steroid dienone is 1. The average Bonchev–Trinajstić information content (AvgIpc) is 2.86. The van der Waals surface area contributed by atoms with Crippen LogP contribution in [0.25, 0.3) is 0 Å². The Morgan fingerprint density at radius 1 is 1.19 bits per heavy atom. The van der Waals surface area contributed by atoms with Gasteiger partial charge in [0.25, 0.3) is 11.6 Å². The minimum Gasteiger partial charge on any atom is -0.493 e. The Hall–Kier alpha value is -4.94. The third-order valence-corrected chi connectivity index (χ3v) is 5.08. The lowest BCUT2D eigenvalue weighted by Gasteiger charge is -2.28. The first-order valence-corrected chi connectivity index (χ1v) is 10.5. The highest BCUT2D eigenvalue weighted by Crippen LogP contribution is 2.34. The molecular formula is C23H23N5O8. The van der Waals surface area contributed by atoms with Crippen LogP contribution in [0.5, 0.6) is 11.5 Å². The number of para-hydroxylation sites is 1. The van der Waals surface area contributed by atoms with Gasteiger partial charge in [-0.05, 0) is 30.7 Å². The van der Waals surface area contributed by atoms with Crippen LogP contribution < -0.4 is 25.5 Å². The predicted molar refractivity (Wildman–Crippen MR) is 126 cm³/mol. The van der Waals surface area contributed by atoms with E-state index in [0.29, 0.717) is 11.3 Å². The van der Waals surface area contributed by atoms with E-state index in [-0.39, 0.29) is 28.3 Å². The lowest BCUT2D eigenvalue weighted by Crippen LogP contribution is -2.45. The first kappa shape index (κ1) is 25.7. The third kappa shape index (κ3) is 5.94. The Morgan fingerprint density at radius 2 is 1.94 bits per heavy atom. The van der Waals surface area contributed by atoms with E-state index in [4.69, 9.17) is 14.2 Å². The summed E-state index contributed by atoms with van der Waals surface area (Å²) in [6.07, 6.45) is 1.16. The van der Waals surface area contributed by atoms with Gasteiger partial charge in [-0.1, -0.05) is 18.2 Å². The largest absolute Gasteiger partial charge is 0.493 e. The molecule has 1 aliphatic rings. The highest BCUT2D eigenvalue weighted by molar-refractivity contribution is 5.95. The number of carbonyl (C=O) groups excluding carboxylic acids is 3. The predicted octanol–water partition coefficient (Wildman–Crippen LogP) is 1.93. The van der Waals surface area contributed by atoms with Crippen LogP contribution in [0.15, 0.2) is 58.8 Å². The molecule has 0 aliphatic carbocycles. The molecule has 1 atom stereocenters. The van der Waals surface area contributed by atoms with Crippen LogP contribution in [0.4, 0.5) is 10.5 Å². The normalized spacial score (nSPS) is 15.1. The number of methoxy groups -OCH3 is 2. The highest BCUT2D eigenvalue weighted by Gasteiger charge is 2.32. The van der Waals surface area contributed by atoms with Crippen molar-refractivity contribution >= 4 is 29.8 Å². The molecule has 0 unspecified atom stereocenters. The summed E-state index contributed by atoms with van der Waals surface area (Å²) in [7, 11) is 2.64. The summed E-state index contributed by atoms with van der Waals surface area (Å²) in [4.78, 5) is 46.9. The lowest BCUT2D eigenvalue weighted by atomic mass is 9.95. The van der Waals surface area contributed by atoms with Crippen molar-refractivity contribution in [2.24, 2.45) is 5.10 Å². The molecule has 3 N–H and O–H groups in total. The average molecular weight is 497 g/mol. The van der Waals surface area contributed by atoms with Crippen molar-refractivity contribution in [1.29, 1.82) is 0 Å². The number of amides is 3. The molecule has 0 fully saturated rings. The molecule has 13 nitrogen and oxygen atoms in total. The molecule has 0 aromatic heterocycles. The number of nitro benzene ring substituents is 1. The van der Waals surface area contributed by atoms with Gasteiger partial charge in [0.15, 0.2) is 18.1 Å². The number of carbonyl (C=O) groups is 3. The molecule has 1 aliphatic heterocycles. The van der Waals surface area contributed by atoms with Crippen molar-refractivity contribution in [1.82, 2.24) is 16.1 Å². The van der Waals surface area contributed by atoms with Crippen LogP contribution >= 0.6 is 0 Å².